The summed E-state index contributed by atoms with van der Waals surface area (Å²) < 4.78 is 5.78. The minimum atomic E-state index is 0.663. The van der Waals surface area contributed by atoms with Gasteiger partial charge in [0.25, 0.3) is 0 Å². The van der Waals surface area contributed by atoms with E-state index in [1.165, 1.54) is 38.5 Å². The normalized spacial score (nSPS) is 31.9. The van der Waals surface area contributed by atoms with Crippen molar-refractivity contribution < 1.29 is 4.74 Å². The fourth-order valence-electron chi connectivity index (χ4n) is 3.33. The highest BCUT2D eigenvalue weighted by Crippen LogP contribution is 2.30. The summed E-state index contributed by atoms with van der Waals surface area (Å²) in [6.45, 7) is 5.30. The topological polar surface area (TPSA) is 24.5 Å². The summed E-state index contributed by atoms with van der Waals surface area (Å²) in [7, 11) is 4.38. The predicted molar refractivity (Wildman–Crippen MR) is 80.4 cm³/mol. The molecule has 0 aliphatic heterocycles. The SMILES string of the molecule is CCC1CCC(NC)C(N(C)CCOCC2CC2)C1. The summed E-state index contributed by atoms with van der Waals surface area (Å²) in [5.74, 6) is 1.80. The van der Waals surface area contributed by atoms with Gasteiger partial charge in [0.1, 0.15) is 0 Å². The lowest BCUT2D eigenvalue weighted by atomic mass is 9.80. The van der Waals surface area contributed by atoms with Crippen LogP contribution in [0.15, 0.2) is 0 Å². The first kappa shape index (κ1) is 15.3. The van der Waals surface area contributed by atoms with E-state index >= 15 is 0 Å². The minimum Gasteiger partial charge on any atom is -0.380 e. The van der Waals surface area contributed by atoms with Crippen LogP contribution >= 0.6 is 0 Å². The van der Waals surface area contributed by atoms with Crippen LogP contribution in [0.2, 0.25) is 0 Å². The standard InChI is InChI=1S/C16H32N2O/c1-4-13-7-8-15(17-2)16(11-13)18(3)9-10-19-12-14-5-6-14/h13-17H,4-12H2,1-3H3. The zero-order valence-corrected chi connectivity index (χ0v) is 13.0. The highest BCUT2D eigenvalue weighted by Gasteiger charge is 2.31. The Morgan fingerprint density at radius 3 is 2.53 bits per heavy atom. The molecule has 2 aliphatic rings. The summed E-state index contributed by atoms with van der Waals surface area (Å²) in [6.07, 6.45) is 8.18. The lowest BCUT2D eigenvalue weighted by Gasteiger charge is -2.41. The summed E-state index contributed by atoms with van der Waals surface area (Å²) in [5, 5.41) is 3.52. The molecule has 0 amide bonds. The highest BCUT2D eigenvalue weighted by molar-refractivity contribution is 4.89. The molecule has 2 rings (SSSR count). The molecular formula is C16H32N2O. The van der Waals surface area contributed by atoms with E-state index in [0.717, 1.165) is 31.6 Å². The van der Waals surface area contributed by atoms with Gasteiger partial charge in [-0.3, -0.25) is 4.90 Å². The summed E-state index contributed by atoms with van der Waals surface area (Å²) >= 11 is 0. The molecule has 0 aromatic rings. The second kappa shape index (κ2) is 7.61. The van der Waals surface area contributed by atoms with Crippen LogP contribution in [0, 0.1) is 11.8 Å². The first-order valence-electron chi connectivity index (χ1n) is 8.19. The van der Waals surface area contributed by atoms with Crippen molar-refractivity contribution in [3.05, 3.63) is 0 Å². The van der Waals surface area contributed by atoms with E-state index in [4.69, 9.17) is 4.74 Å². The average Bonchev–Trinajstić information content (AvgIpc) is 3.26. The van der Waals surface area contributed by atoms with E-state index in [1.54, 1.807) is 0 Å². The van der Waals surface area contributed by atoms with Gasteiger partial charge in [-0.2, -0.15) is 0 Å². The van der Waals surface area contributed by atoms with Crippen molar-refractivity contribution in [2.75, 3.05) is 33.9 Å². The van der Waals surface area contributed by atoms with Gasteiger partial charge in [-0.15, -0.1) is 0 Å². The van der Waals surface area contributed by atoms with E-state index in [1.807, 2.05) is 0 Å². The number of rotatable bonds is 8. The molecule has 112 valence electrons. The van der Waals surface area contributed by atoms with Crippen LogP contribution in [0.3, 0.4) is 0 Å². The Morgan fingerprint density at radius 2 is 1.89 bits per heavy atom. The van der Waals surface area contributed by atoms with E-state index in [2.05, 4.69) is 31.2 Å². The third-order valence-corrected chi connectivity index (χ3v) is 5.08. The van der Waals surface area contributed by atoms with Gasteiger partial charge in [-0.1, -0.05) is 13.3 Å². The molecule has 0 aromatic heterocycles. The van der Waals surface area contributed by atoms with E-state index in [-0.39, 0.29) is 0 Å². The number of likely N-dealkylation sites (N-methyl/N-ethyl adjacent to an activating group) is 2. The summed E-state index contributed by atoms with van der Waals surface area (Å²) in [5.41, 5.74) is 0. The number of hydrogen-bond acceptors (Lipinski definition) is 3. The molecule has 2 aliphatic carbocycles. The predicted octanol–water partition coefficient (Wildman–Crippen LogP) is 2.51. The quantitative estimate of drug-likeness (QED) is 0.685. The van der Waals surface area contributed by atoms with Crippen LogP contribution in [-0.4, -0.2) is 50.8 Å². The van der Waals surface area contributed by atoms with Gasteiger partial charge in [-0.25, -0.2) is 0 Å². The molecule has 0 saturated heterocycles. The Hall–Kier alpha value is -0.120. The molecule has 2 saturated carbocycles. The van der Waals surface area contributed by atoms with Crippen LogP contribution in [0.4, 0.5) is 0 Å². The Morgan fingerprint density at radius 1 is 1.16 bits per heavy atom. The van der Waals surface area contributed by atoms with Crippen LogP contribution < -0.4 is 5.32 Å². The third kappa shape index (κ3) is 4.73. The molecule has 0 spiro atoms. The van der Waals surface area contributed by atoms with Crippen molar-refractivity contribution in [3.8, 4) is 0 Å². The molecule has 3 heteroatoms. The highest BCUT2D eigenvalue weighted by atomic mass is 16.5. The molecule has 0 aromatic carbocycles. The Kier molecular flexibility index (Phi) is 6.11. The Balaban J connectivity index is 1.71. The second-order valence-electron chi connectivity index (χ2n) is 6.55. The first-order chi connectivity index (χ1) is 9.24. The van der Waals surface area contributed by atoms with Gasteiger partial charge in [0.2, 0.25) is 0 Å². The zero-order chi connectivity index (χ0) is 13.7. The van der Waals surface area contributed by atoms with Crippen LogP contribution in [0.25, 0.3) is 0 Å². The summed E-state index contributed by atoms with van der Waals surface area (Å²) in [4.78, 5) is 2.52. The van der Waals surface area contributed by atoms with E-state index in [0.29, 0.717) is 12.1 Å². The Bertz CT molecular complexity index is 255. The largest absolute Gasteiger partial charge is 0.380 e. The molecular weight excluding hydrogens is 236 g/mol. The van der Waals surface area contributed by atoms with Gasteiger partial charge < -0.3 is 10.1 Å². The van der Waals surface area contributed by atoms with E-state index in [9.17, 15) is 0 Å². The van der Waals surface area contributed by atoms with Crippen LogP contribution in [-0.2, 0) is 4.74 Å². The molecule has 0 bridgehead atoms. The van der Waals surface area contributed by atoms with Gasteiger partial charge in [-0.05, 0) is 58.0 Å². The smallest absolute Gasteiger partial charge is 0.0593 e. The van der Waals surface area contributed by atoms with Crippen molar-refractivity contribution in [1.82, 2.24) is 10.2 Å². The van der Waals surface area contributed by atoms with Crippen molar-refractivity contribution in [2.24, 2.45) is 11.8 Å². The minimum absolute atomic E-state index is 0.663. The number of nitrogens with zero attached hydrogens (tertiary/aromatic N) is 1. The molecule has 3 nitrogen and oxygen atoms in total. The van der Waals surface area contributed by atoms with Gasteiger partial charge >= 0.3 is 0 Å². The van der Waals surface area contributed by atoms with Crippen LogP contribution in [0.5, 0.6) is 0 Å². The molecule has 1 N–H and O–H groups in total. The maximum Gasteiger partial charge on any atom is 0.0593 e. The summed E-state index contributed by atoms with van der Waals surface area (Å²) in [6, 6.07) is 1.35. The Labute approximate surface area is 119 Å². The number of hydrogen-bond donors (Lipinski definition) is 1. The molecule has 0 radical (unpaired) electrons. The van der Waals surface area contributed by atoms with Crippen molar-refractivity contribution in [3.63, 3.8) is 0 Å². The molecule has 0 heterocycles. The molecule has 3 atom stereocenters. The molecule has 19 heavy (non-hydrogen) atoms. The lowest BCUT2D eigenvalue weighted by Crippen LogP contribution is -2.51. The van der Waals surface area contributed by atoms with E-state index < -0.39 is 0 Å². The number of nitrogens with one attached hydrogen (secondary N) is 1. The average molecular weight is 268 g/mol. The zero-order valence-electron chi connectivity index (χ0n) is 13.0. The van der Waals surface area contributed by atoms with Gasteiger partial charge in [0, 0.05) is 25.2 Å². The number of ether oxygens (including phenoxy) is 1. The molecule has 2 fully saturated rings. The fraction of sp³-hybridized carbons (Fsp3) is 1.00. The van der Waals surface area contributed by atoms with Gasteiger partial charge in [0.15, 0.2) is 0 Å². The van der Waals surface area contributed by atoms with Crippen molar-refractivity contribution in [1.29, 1.82) is 0 Å². The molecule has 3 unspecified atom stereocenters. The maximum absolute atomic E-state index is 5.78. The fourth-order valence-corrected chi connectivity index (χ4v) is 3.33. The second-order valence-corrected chi connectivity index (χ2v) is 6.55. The third-order valence-electron chi connectivity index (χ3n) is 5.08. The van der Waals surface area contributed by atoms with Crippen LogP contribution in [0.1, 0.15) is 45.4 Å². The van der Waals surface area contributed by atoms with Gasteiger partial charge in [0.05, 0.1) is 6.61 Å². The van der Waals surface area contributed by atoms with Crippen molar-refractivity contribution >= 4 is 0 Å². The lowest BCUT2D eigenvalue weighted by molar-refractivity contribution is 0.0656. The maximum atomic E-state index is 5.78. The van der Waals surface area contributed by atoms with Crippen molar-refractivity contribution in [2.45, 2.75) is 57.5 Å². The monoisotopic (exact) mass is 268 g/mol. The first-order valence-corrected chi connectivity index (χ1v) is 8.19.